The number of benzene rings is 3. The zero-order chi connectivity index (χ0) is 21.1. The fraction of sp³-hybridized carbons (Fsp3) is 0.167. The Bertz CT molecular complexity index is 1150. The minimum absolute atomic E-state index is 0.221. The van der Waals surface area contributed by atoms with Gasteiger partial charge in [0.05, 0.1) is 4.91 Å². The lowest BCUT2D eigenvalue weighted by Crippen LogP contribution is -2.28. The quantitative estimate of drug-likeness (QED) is 0.370. The molecule has 0 aromatic heterocycles. The van der Waals surface area contributed by atoms with Gasteiger partial charge < -0.3 is 4.74 Å². The molecule has 30 heavy (non-hydrogen) atoms. The number of carbonyl (C=O) groups excluding carboxylic acids is 2. The molecule has 4 rings (SSSR count). The van der Waals surface area contributed by atoms with Gasteiger partial charge in [0.1, 0.15) is 12.4 Å². The van der Waals surface area contributed by atoms with Crippen LogP contribution in [0.1, 0.15) is 24.5 Å². The molecule has 1 aliphatic heterocycles. The summed E-state index contributed by atoms with van der Waals surface area (Å²) < 4.78 is 7.02. The van der Waals surface area contributed by atoms with E-state index in [0.29, 0.717) is 23.8 Å². The van der Waals surface area contributed by atoms with Gasteiger partial charge >= 0.3 is 0 Å². The highest BCUT2D eigenvalue weighted by atomic mass is 79.9. The summed E-state index contributed by atoms with van der Waals surface area (Å²) in [7, 11) is 0. The molecule has 0 unspecified atom stereocenters. The van der Waals surface area contributed by atoms with Crippen molar-refractivity contribution in [1.29, 1.82) is 0 Å². The molecule has 4 nitrogen and oxygen atoms in total. The number of carbonyl (C=O) groups is 2. The van der Waals surface area contributed by atoms with Crippen LogP contribution in [0.25, 0.3) is 16.8 Å². The predicted molar refractivity (Wildman–Crippen MR) is 125 cm³/mol. The number of rotatable bonds is 6. The molecule has 3 aromatic rings. The molecule has 0 spiro atoms. The molecule has 6 heteroatoms. The minimum atomic E-state index is -0.244. The van der Waals surface area contributed by atoms with Gasteiger partial charge in [0.25, 0.3) is 11.1 Å². The number of hydrogen-bond donors (Lipinski definition) is 0. The van der Waals surface area contributed by atoms with Crippen molar-refractivity contribution in [1.82, 2.24) is 4.90 Å². The first-order chi connectivity index (χ1) is 14.6. The largest absolute Gasteiger partial charge is 0.488 e. The molecule has 1 fully saturated rings. The summed E-state index contributed by atoms with van der Waals surface area (Å²) in [6.07, 6.45) is 2.48. The van der Waals surface area contributed by atoms with E-state index in [4.69, 9.17) is 4.74 Å². The molecule has 2 amide bonds. The fourth-order valence-corrected chi connectivity index (χ4v) is 4.63. The van der Waals surface area contributed by atoms with E-state index in [1.54, 1.807) is 6.08 Å². The third-order valence-corrected chi connectivity index (χ3v) is 6.24. The van der Waals surface area contributed by atoms with Gasteiger partial charge in [-0.2, -0.15) is 0 Å². The highest BCUT2D eigenvalue weighted by Crippen LogP contribution is 2.35. The number of imide groups is 1. The normalized spacial score (nSPS) is 15.4. The SMILES string of the molecule is CCCN1C(=O)S/C(=C/c2cc(Br)ccc2OCc2cccc3ccccc23)C1=O. The standard InChI is InChI=1S/C24H20BrNO3S/c1-2-12-26-23(27)22(30-24(26)28)14-18-13-19(25)10-11-21(18)29-15-17-8-5-7-16-6-3-4-9-20(16)17/h3-11,13-14H,2,12,15H2,1H3/b22-14+. The van der Waals surface area contributed by atoms with Crippen molar-refractivity contribution in [3.05, 3.63) is 81.2 Å². The van der Waals surface area contributed by atoms with Crippen molar-refractivity contribution in [2.45, 2.75) is 20.0 Å². The summed E-state index contributed by atoms with van der Waals surface area (Å²) in [5.74, 6) is 0.417. The second-order valence-corrected chi connectivity index (χ2v) is 8.85. The zero-order valence-corrected chi connectivity index (χ0v) is 18.8. The number of fused-ring (bicyclic) bond motifs is 1. The molecule has 0 atom stereocenters. The van der Waals surface area contributed by atoms with E-state index in [0.717, 1.165) is 39.2 Å². The number of nitrogens with zero attached hydrogens (tertiary/aromatic N) is 1. The van der Waals surface area contributed by atoms with E-state index in [1.807, 2.05) is 43.3 Å². The van der Waals surface area contributed by atoms with Crippen LogP contribution in [-0.4, -0.2) is 22.6 Å². The van der Waals surface area contributed by atoms with Crippen molar-refractivity contribution in [3.63, 3.8) is 0 Å². The molecular weight excluding hydrogens is 462 g/mol. The van der Waals surface area contributed by atoms with Gasteiger partial charge in [-0.1, -0.05) is 65.3 Å². The van der Waals surface area contributed by atoms with E-state index in [1.165, 1.54) is 10.3 Å². The summed E-state index contributed by atoms with van der Waals surface area (Å²) in [5.41, 5.74) is 1.84. The van der Waals surface area contributed by atoms with Crippen LogP contribution in [0.3, 0.4) is 0 Å². The van der Waals surface area contributed by atoms with Gasteiger partial charge in [0, 0.05) is 16.6 Å². The average Bonchev–Trinajstić information content (AvgIpc) is 3.01. The number of ether oxygens (including phenoxy) is 1. The van der Waals surface area contributed by atoms with Gasteiger partial charge in [-0.3, -0.25) is 14.5 Å². The van der Waals surface area contributed by atoms with Crippen LogP contribution in [0.15, 0.2) is 70.0 Å². The first-order valence-electron chi connectivity index (χ1n) is 9.71. The Morgan fingerprint density at radius 3 is 2.70 bits per heavy atom. The lowest BCUT2D eigenvalue weighted by Gasteiger charge is -2.12. The topological polar surface area (TPSA) is 46.6 Å². The average molecular weight is 482 g/mol. The Morgan fingerprint density at radius 2 is 1.87 bits per heavy atom. The van der Waals surface area contributed by atoms with Gasteiger partial charge in [0.15, 0.2) is 0 Å². The van der Waals surface area contributed by atoms with Crippen molar-refractivity contribution in [2.75, 3.05) is 6.54 Å². The van der Waals surface area contributed by atoms with E-state index in [2.05, 4.69) is 40.2 Å². The maximum Gasteiger partial charge on any atom is 0.293 e. The Balaban J connectivity index is 1.61. The molecule has 152 valence electrons. The molecular formula is C24H20BrNO3S. The molecule has 1 aliphatic rings. The first-order valence-corrected chi connectivity index (χ1v) is 11.3. The van der Waals surface area contributed by atoms with Crippen molar-refractivity contribution in [3.8, 4) is 5.75 Å². The maximum absolute atomic E-state index is 12.6. The molecule has 3 aromatic carbocycles. The highest BCUT2D eigenvalue weighted by molar-refractivity contribution is 9.10. The van der Waals surface area contributed by atoms with Gasteiger partial charge in [-0.15, -0.1) is 0 Å². The number of hydrogen-bond acceptors (Lipinski definition) is 4. The Kier molecular flexibility index (Phi) is 6.25. The number of halogens is 1. The molecule has 1 heterocycles. The van der Waals surface area contributed by atoms with Gasteiger partial charge in [-0.25, -0.2) is 0 Å². The third-order valence-electron chi connectivity index (χ3n) is 4.84. The number of amides is 2. The summed E-state index contributed by atoms with van der Waals surface area (Å²) in [4.78, 5) is 26.5. The van der Waals surface area contributed by atoms with Crippen LogP contribution in [0, 0.1) is 0 Å². The monoisotopic (exact) mass is 481 g/mol. The molecule has 0 saturated carbocycles. The molecule has 0 bridgehead atoms. The highest BCUT2D eigenvalue weighted by Gasteiger charge is 2.34. The van der Waals surface area contributed by atoms with Crippen molar-refractivity contribution >= 4 is 55.7 Å². The van der Waals surface area contributed by atoms with E-state index in [-0.39, 0.29) is 11.1 Å². The van der Waals surface area contributed by atoms with Crippen LogP contribution in [-0.2, 0) is 11.4 Å². The van der Waals surface area contributed by atoms with Crippen LogP contribution in [0.4, 0.5) is 4.79 Å². The van der Waals surface area contributed by atoms with Crippen LogP contribution in [0.5, 0.6) is 5.75 Å². The summed E-state index contributed by atoms with van der Waals surface area (Å²) in [6, 6.07) is 20.0. The van der Waals surface area contributed by atoms with E-state index < -0.39 is 0 Å². The lowest BCUT2D eigenvalue weighted by atomic mass is 10.1. The Hall–Kier alpha value is -2.57. The van der Waals surface area contributed by atoms with Crippen LogP contribution in [0.2, 0.25) is 0 Å². The fourth-order valence-electron chi connectivity index (χ4n) is 3.40. The summed E-state index contributed by atoms with van der Waals surface area (Å²) in [6.45, 7) is 2.78. The van der Waals surface area contributed by atoms with E-state index in [9.17, 15) is 9.59 Å². The molecule has 1 saturated heterocycles. The van der Waals surface area contributed by atoms with Crippen LogP contribution < -0.4 is 4.74 Å². The third kappa shape index (κ3) is 4.30. The van der Waals surface area contributed by atoms with Gasteiger partial charge in [-0.05, 0) is 58.8 Å². The maximum atomic E-state index is 12.6. The first kappa shape index (κ1) is 20.7. The van der Waals surface area contributed by atoms with Crippen molar-refractivity contribution < 1.29 is 14.3 Å². The van der Waals surface area contributed by atoms with Gasteiger partial charge in [0.2, 0.25) is 0 Å². The smallest absolute Gasteiger partial charge is 0.293 e. The minimum Gasteiger partial charge on any atom is -0.488 e. The zero-order valence-electron chi connectivity index (χ0n) is 16.4. The number of thioether (sulfide) groups is 1. The lowest BCUT2D eigenvalue weighted by molar-refractivity contribution is -0.122. The predicted octanol–water partition coefficient (Wildman–Crippen LogP) is 6.63. The second kappa shape index (κ2) is 9.06. The molecule has 0 radical (unpaired) electrons. The van der Waals surface area contributed by atoms with Crippen molar-refractivity contribution in [2.24, 2.45) is 0 Å². The summed E-state index contributed by atoms with van der Waals surface area (Å²) in [5, 5.41) is 2.10. The summed E-state index contributed by atoms with van der Waals surface area (Å²) >= 11 is 4.46. The second-order valence-electron chi connectivity index (χ2n) is 6.94. The van der Waals surface area contributed by atoms with Crippen LogP contribution >= 0.6 is 27.7 Å². The Morgan fingerprint density at radius 1 is 1.07 bits per heavy atom. The Labute approximate surface area is 188 Å². The molecule has 0 N–H and O–H groups in total. The van der Waals surface area contributed by atoms with E-state index >= 15 is 0 Å². The molecule has 0 aliphatic carbocycles.